The molecule has 0 atom stereocenters. The van der Waals surface area contributed by atoms with Gasteiger partial charge in [-0.05, 0) is 0 Å². The summed E-state index contributed by atoms with van der Waals surface area (Å²) in [5.41, 5.74) is 0. The molecule has 0 spiro atoms. The zero-order valence-corrected chi connectivity index (χ0v) is 56.1. The molecule has 0 aliphatic heterocycles. The Hall–Kier alpha value is 10.7. The van der Waals surface area contributed by atoms with Crippen molar-refractivity contribution in [3.8, 4) is 0 Å². The zero-order valence-electron chi connectivity index (χ0n) is 24.5. The summed E-state index contributed by atoms with van der Waals surface area (Å²) in [6.07, 6.45) is 0. The summed E-state index contributed by atoms with van der Waals surface area (Å²) in [5.74, 6) is 0. The average molecular weight is 1110 g/mol. The van der Waals surface area contributed by atoms with E-state index >= 15 is 0 Å². The Balaban J connectivity index is -0.00000000897. The molecule has 0 bridgehead atoms. The maximum absolute atomic E-state index is 8.46. The molecular formula is Al14Ca7O28. The Morgan fingerprint density at radius 2 is 0.143 bits per heavy atom. The van der Waals surface area contributed by atoms with Crippen molar-refractivity contribution in [3.05, 3.63) is 0 Å². The second-order valence-corrected chi connectivity index (χ2v) is 4.04. The Morgan fingerprint density at radius 3 is 0.143 bits per heavy atom. The first-order chi connectivity index (χ1) is 19.8. The molecule has 0 heterocycles. The number of hydrogen-bond donors (Lipinski definition) is 0. The zero-order chi connectivity index (χ0) is 37.9. The first kappa shape index (κ1) is 137. The molecule has 0 amide bonds. The predicted octanol–water partition coefficient (Wildman–Crippen LogP) is -26.3. The van der Waals surface area contributed by atoms with Crippen molar-refractivity contribution in [1.82, 2.24) is 0 Å². The van der Waals surface area contributed by atoms with Gasteiger partial charge in [-0.3, -0.25) is 0 Å². The van der Waals surface area contributed by atoms with Crippen molar-refractivity contribution in [2.45, 2.75) is 0 Å². The van der Waals surface area contributed by atoms with Crippen molar-refractivity contribution < 1.29 is 111 Å². The van der Waals surface area contributed by atoms with Gasteiger partial charge in [0.2, 0.25) is 0 Å². The van der Waals surface area contributed by atoms with E-state index in [0.29, 0.717) is 0 Å². The Kier molecular flexibility index (Phi) is 899. The molecule has 28 nitrogen and oxygen atoms in total. The van der Waals surface area contributed by atoms with Crippen LogP contribution >= 0.6 is 0 Å². The third kappa shape index (κ3) is 1650. The van der Waals surface area contributed by atoms with Gasteiger partial charge in [-0.25, -0.2) is 0 Å². The molecule has 0 radical (unpaired) electrons. The Morgan fingerprint density at radius 1 is 0.143 bits per heavy atom. The predicted molar refractivity (Wildman–Crippen MR) is 130 cm³/mol. The summed E-state index contributed by atoms with van der Waals surface area (Å²) in [7, 11) is 0. The Bertz CT molecular complexity index is 333. The van der Waals surface area contributed by atoms with Crippen molar-refractivity contribution in [1.29, 1.82) is 0 Å². The molecule has 0 fully saturated rings. The Labute approximate surface area is 576 Å². The summed E-state index contributed by atoms with van der Waals surface area (Å²) in [5, 5.41) is 0. The van der Waals surface area contributed by atoms with E-state index in [9.17, 15) is 0 Å². The molecule has 0 N–H and O–H groups in total. The number of hydrogen-bond acceptors (Lipinski definition) is 28. The summed E-state index contributed by atoms with van der Waals surface area (Å²) < 4.78 is 237. The van der Waals surface area contributed by atoms with Crippen LogP contribution in [0.25, 0.3) is 0 Å². The van der Waals surface area contributed by atoms with Crippen molar-refractivity contribution in [3.63, 3.8) is 0 Å². The quantitative estimate of drug-likeness (QED) is 0.203. The fourth-order valence-corrected chi connectivity index (χ4v) is 0. The van der Waals surface area contributed by atoms with Gasteiger partial charge >= 0.3 is 592 Å². The monoisotopic (exact) mass is 1110 g/mol. The van der Waals surface area contributed by atoms with Crippen LogP contribution in [0.15, 0.2) is 0 Å². The van der Waals surface area contributed by atoms with Gasteiger partial charge < -0.3 is 0 Å². The van der Waals surface area contributed by atoms with Crippen LogP contribution in [-0.4, -0.2) is 481 Å². The second kappa shape index (κ2) is 321. The van der Waals surface area contributed by atoms with Crippen molar-refractivity contribution in [2.75, 3.05) is 0 Å². The van der Waals surface area contributed by atoms with Gasteiger partial charge in [0.25, 0.3) is 0 Å². The van der Waals surface area contributed by atoms with Crippen LogP contribution in [0, 0.1) is 0 Å². The van der Waals surface area contributed by atoms with Crippen molar-refractivity contribution in [2.24, 2.45) is 0 Å². The van der Waals surface area contributed by atoms with Crippen LogP contribution in [0.2, 0.25) is 0 Å². The van der Waals surface area contributed by atoms with Crippen LogP contribution in [0.3, 0.4) is 0 Å². The van der Waals surface area contributed by atoms with Gasteiger partial charge in [-0.15, -0.1) is 0 Å². The summed E-state index contributed by atoms with van der Waals surface area (Å²) in [6.45, 7) is 0. The van der Waals surface area contributed by atoms with E-state index in [2.05, 4.69) is 0 Å². The van der Waals surface area contributed by atoms with E-state index in [4.69, 9.17) is 111 Å². The fraction of sp³-hybridized carbons (Fsp3) is 0. The minimum atomic E-state index is -1.75. The van der Waals surface area contributed by atoms with Crippen LogP contribution in [-0.2, 0) is 53.2 Å². The van der Waals surface area contributed by atoms with Gasteiger partial charge in [-0.1, -0.05) is 0 Å². The van der Waals surface area contributed by atoms with E-state index in [1.807, 2.05) is 0 Å². The molecule has 49 heteroatoms. The molecule has 0 saturated carbocycles. The maximum atomic E-state index is 8.46. The third-order valence-corrected chi connectivity index (χ3v) is 0. The average Bonchev–Trinajstić information content (AvgIpc) is 2.86. The van der Waals surface area contributed by atoms with Crippen LogP contribution in [0.4, 0.5) is 0 Å². The summed E-state index contributed by atoms with van der Waals surface area (Å²) in [4.78, 5) is 0. The minimum absolute atomic E-state index is 0. The molecular weight excluding hydrogens is 1110 g/mol. The molecule has 0 aromatic rings. The molecule has 0 aliphatic carbocycles. The normalized spacial score (nSPS) is 2.29. The second-order valence-electron chi connectivity index (χ2n) is 1.35. The van der Waals surface area contributed by atoms with Crippen LogP contribution in [0.5, 0.6) is 0 Å². The van der Waals surface area contributed by atoms with Gasteiger partial charge in [0, 0.05) is 0 Å². The van der Waals surface area contributed by atoms with Gasteiger partial charge in [-0.2, -0.15) is 0 Å². The van der Waals surface area contributed by atoms with Crippen LogP contribution < -0.4 is 58.2 Å². The van der Waals surface area contributed by atoms with Gasteiger partial charge in [0.05, 0.1) is 0 Å². The van der Waals surface area contributed by atoms with E-state index < -0.39 is 217 Å². The van der Waals surface area contributed by atoms with E-state index in [-0.39, 0.29) is 264 Å². The fourth-order valence-electron chi connectivity index (χ4n) is 0. The van der Waals surface area contributed by atoms with Crippen molar-refractivity contribution >= 4 is 481 Å². The molecule has 0 aromatic heterocycles. The first-order valence-corrected chi connectivity index (χ1v) is 19.8. The van der Waals surface area contributed by atoms with E-state index in [1.165, 1.54) is 0 Å². The van der Waals surface area contributed by atoms with Gasteiger partial charge in [0.15, 0.2) is 0 Å². The first-order valence-electron chi connectivity index (χ1n) is 6.60. The standard InChI is InChI=1S/14Al.7Ca.28O/q;;;;;;;;;;;;;;7*+2;;;;;;;;;;;;;;;14*-1. The molecule has 0 aliphatic rings. The molecule has 224 valence electrons. The molecule has 0 aromatic carbocycles. The van der Waals surface area contributed by atoms with E-state index in [1.54, 1.807) is 0 Å². The topological polar surface area (TPSA) is 562 Å². The molecule has 0 saturated heterocycles. The molecule has 0 unspecified atom stereocenters. The van der Waals surface area contributed by atoms with Crippen LogP contribution in [0.1, 0.15) is 0 Å². The van der Waals surface area contributed by atoms with E-state index in [0.717, 1.165) is 0 Å². The summed E-state index contributed by atoms with van der Waals surface area (Å²) >= 11 is -24.5. The number of rotatable bonds is 0. The molecule has 49 heavy (non-hydrogen) atoms. The SMILES string of the molecule is [Ca+2].[Ca+2].[Ca+2].[Ca+2].[Ca+2].[Ca+2].[Ca+2].[O]=[Al][O-].[O]=[Al][O-].[O]=[Al][O-].[O]=[Al][O-].[O]=[Al][O-].[O]=[Al][O-].[O]=[Al][O-].[O]=[Al][O-].[O]=[Al][O-].[O]=[Al][O-].[O]=[Al][O-].[O]=[Al][O-].[O]=[Al][O-].[O]=[Al][O-]. The third-order valence-electron chi connectivity index (χ3n) is 0. The summed E-state index contributed by atoms with van der Waals surface area (Å²) in [6, 6.07) is 0. The van der Waals surface area contributed by atoms with Gasteiger partial charge in [0.1, 0.15) is 0 Å². The molecule has 0 rings (SSSR count).